The summed E-state index contributed by atoms with van der Waals surface area (Å²) in [5.41, 5.74) is 3.10. The van der Waals surface area contributed by atoms with E-state index in [0.29, 0.717) is 18.0 Å². The Morgan fingerprint density at radius 1 is 0.955 bits per heavy atom. The fraction of sp³-hybridized carbons (Fsp3) is 0.188. The summed E-state index contributed by atoms with van der Waals surface area (Å²) < 4.78 is 18.5. The van der Waals surface area contributed by atoms with Crippen LogP contribution < -0.4 is 0 Å². The third kappa shape index (κ3) is 3.01. The Morgan fingerprint density at radius 2 is 1.55 bits per heavy atom. The Balaban J connectivity index is 2.06. The number of ether oxygens (including phenoxy) is 1. The van der Waals surface area contributed by atoms with Crippen LogP contribution in [0.15, 0.2) is 48.8 Å². The number of aromatic nitrogens is 4. The zero-order valence-electron chi connectivity index (χ0n) is 12.1. The van der Waals surface area contributed by atoms with Crippen molar-refractivity contribution in [1.82, 2.24) is 20.0 Å². The van der Waals surface area contributed by atoms with Crippen LogP contribution in [0.1, 0.15) is 6.92 Å². The molecule has 3 aromatic rings. The van der Waals surface area contributed by atoms with E-state index < -0.39 is 0 Å². The number of rotatable bonds is 5. The van der Waals surface area contributed by atoms with Gasteiger partial charge in [-0.3, -0.25) is 4.98 Å². The molecule has 0 saturated heterocycles. The van der Waals surface area contributed by atoms with Gasteiger partial charge in [0.25, 0.3) is 0 Å². The van der Waals surface area contributed by atoms with Gasteiger partial charge in [-0.25, -0.2) is 4.39 Å². The maximum atomic E-state index is 13.1. The first-order chi connectivity index (χ1) is 10.8. The summed E-state index contributed by atoms with van der Waals surface area (Å²) in [4.78, 5) is 5.51. The van der Waals surface area contributed by atoms with Crippen molar-refractivity contribution in [2.45, 2.75) is 13.7 Å². The quantitative estimate of drug-likeness (QED) is 0.726. The molecule has 0 atom stereocenters. The minimum Gasteiger partial charge on any atom is -0.358 e. The van der Waals surface area contributed by atoms with Gasteiger partial charge in [0.2, 0.25) is 0 Å². The molecule has 112 valence electrons. The van der Waals surface area contributed by atoms with E-state index in [0.717, 1.165) is 11.1 Å². The van der Waals surface area contributed by atoms with Crippen molar-refractivity contribution in [2.75, 3.05) is 6.61 Å². The van der Waals surface area contributed by atoms with Crippen molar-refractivity contribution in [2.24, 2.45) is 0 Å². The normalized spacial score (nSPS) is 10.8. The molecule has 22 heavy (non-hydrogen) atoms. The Kier molecular flexibility index (Phi) is 4.20. The highest BCUT2D eigenvalue weighted by molar-refractivity contribution is 5.77. The van der Waals surface area contributed by atoms with Crippen LogP contribution in [0.3, 0.4) is 0 Å². The van der Waals surface area contributed by atoms with Gasteiger partial charge in [0.05, 0.1) is 0 Å². The molecule has 2 heterocycles. The van der Waals surface area contributed by atoms with Crippen LogP contribution in [-0.4, -0.2) is 26.6 Å². The molecule has 0 bridgehead atoms. The van der Waals surface area contributed by atoms with Gasteiger partial charge in [-0.1, -0.05) is 0 Å². The molecule has 0 aliphatic heterocycles. The standard InChI is InChI=1S/C16H15FN4O/c1-2-22-11-21-19-15(12-3-5-14(17)6-4-12)16(20-21)13-7-9-18-10-8-13/h3-10H,2,11H2,1H3. The largest absolute Gasteiger partial charge is 0.358 e. The van der Waals surface area contributed by atoms with Gasteiger partial charge in [-0.05, 0) is 43.3 Å². The second-order valence-electron chi connectivity index (χ2n) is 4.63. The molecule has 3 rings (SSSR count). The maximum Gasteiger partial charge on any atom is 0.158 e. The Morgan fingerprint density at radius 3 is 2.14 bits per heavy atom. The summed E-state index contributed by atoms with van der Waals surface area (Å²) in [6.07, 6.45) is 3.40. The van der Waals surface area contributed by atoms with Crippen molar-refractivity contribution in [3.05, 3.63) is 54.6 Å². The van der Waals surface area contributed by atoms with Gasteiger partial charge >= 0.3 is 0 Å². The highest BCUT2D eigenvalue weighted by Crippen LogP contribution is 2.28. The summed E-state index contributed by atoms with van der Waals surface area (Å²) in [7, 11) is 0. The average molecular weight is 298 g/mol. The van der Waals surface area contributed by atoms with E-state index in [1.807, 2.05) is 19.1 Å². The molecule has 6 heteroatoms. The zero-order chi connectivity index (χ0) is 15.4. The van der Waals surface area contributed by atoms with Gasteiger partial charge in [0.15, 0.2) is 6.73 Å². The van der Waals surface area contributed by atoms with Crippen LogP contribution >= 0.6 is 0 Å². The second-order valence-corrected chi connectivity index (χ2v) is 4.63. The monoisotopic (exact) mass is 298 g/mol. The maximum absolute atomic E-state index is 13.1. The summed E-state index contributed by atoms with van der Waals surface area (Å²) in [5.74, 6) is -0.282. The van der Waals surface area contributed by atoms with E-state index in [-0.39, 0.29) is 12.5 Å². The fourth-order valence-corrected chi connectivity index (χ4v) is 2.09. The molecule has 0 saturated carbocycles. The molecule has 0 radical (unpaired) electrons. The van der Waals surface area contributed by atoms with Crippen LogP contribution in [0.4, 0.5) is 4.39 Å². The van der Waals surface area contributed by atoms with E-state index in [4.69, 9.17) is 4.74 Å². The van der Waals surface area contributed by atoms with Crippen LogP contribution in [0, 0.1) is 5.82 Å². The molecule has 0 spiro atoms. The molecular weight excluding hydrogens is 283 g/mol. The van der Waals surface area contributed by atoms with E-state index in [9.17, 15) is 4.39 Å². The van der Waals surface area contributed by atoms with E-state index in [1.54, 1.807) is 24.5 Å². The predicted molar refractivity (Wildman–Crippen MR) is 80.3 cm³/mol. The molecule has 0 aliphatic rings. The van der Waals surface area contributed by atoms with Gasteiger partial charge in [0.1, 0.15) is 17.2 Å². The van der Waals surface area contributed by atoms with E-state index in [2.05, 4.69) is 15.2 Å². The number of halogens is 1. The summed E-state index contributed by atoms with van der Waals surface area (Å²) in [6.45, 7) is 2.77. The van der Waals surface area contributed by atoms with Gasteiger partial charge in [-0.15, -0.1) is 0 Å². The molecule has 5 nitrogen and oxygen atoms in total. The number of nitrogens with zero attached hydrogens (tertiary/aromatic N) is 4. The number of benzene rings is 1. The Labute approximate surface area is 127 Å². The SMILES string of the molecule is CCOCn1nc(-c2ccncc2)c(-c2ccc(F)cc2)n1. The van der Waals surface area contributed by atoms with Crippen molar-refractivity contribution < 1.29 is 9.13 Å². The lowest BCUT2D eigenvalue weighted by atomic mass is 10.1. The summed E-state index contributed by atoms with van der Waals surface area (Å²) in [5, 5.41) is 8.94. The van der Waals surface area contributed by atoms with Crippen molar-refractivity contribution in [3.63, 3.8) is 0 Å². The third-order valence-electron chi connectivity index (χ3n) is 3.14. The Bertz CT molecular complexity index is 741. The van der Waals surface area contributed by atoms with Gasteiger partial charge in [0, 0.05) is 30.1 Å². The molecule has 0 unspecified atom stereocenters. The van der Waals surface area contributed by atoms with Crippen LogP contribution in [-0.2, 0) is 11.5 Å². The number of hydrogen-bond acceptors (Lipinski definition) is 4. The van der Waals surface area contributed by atoms with E-state index in [1.165, 1.54) is 16.9 Å². The lowest BCUT2D eigenvalue weighted by Gasteiger charge is -2.00. The lowest BCUT2D eigenvalue weighted by Crippen LogP contribution is -2.05. The molecule has 0 fully saturated rings. The second kappa shape index (κ2) is 6.44. The average Bonchev–Trinajstić information content (AvgIpc) is 2.98. The van der Waals surface area contributed by atoms with Crippen molar-refractivity contribution >= 4 is 0 Å². The minimum atomic E-state index is -0.282. The summed E-state index contributed by atoms with van der Waals surface area (Å²) >= 11 is 0. The fourth-order valence-electron chi connectivity index (χ4n) is 2.09. The van der Waals surface area contributed by atoms with Crippen LogP contribution in [0.2, 0.25) is 0 Å². The molecule has 0 aliphatic carbocycles. The van der Waals surface area contributed by atoms with Crippen LogP contribution in [0.25, 0.3) is 22.5 Å². The summed E-state index contributed by atoms with van der Waals surface area (Å²) in [6, 6.07) is 9.93. The predicted octanol–water partition coefficient (Wildman–Crippen LogP) is 3.14. The van der Waals surface area contributed by atoms with Crippen LogP contribution in [0.5, 0.6) is 0 Å². The molecule has 1 aromatic carbocycles. The molecule has 2 aromatic heterocycles. The minimum absolute atomic E-state index is 0.274. The smallest absolute Gasteiger partial charge is 0.158 e. The van der Waals surface area contributed by atoms with E-state index >= 15 is 0 Å². The topological polar surface area (TPSA) is 52.8 Å². The first kappa shape index (κ1) is 14.3. The van der Waals surface area contributed by atoms with Crippen molar-refractivity contribution in [3.8, 4) is 22.5 Å². The third-order valence-corrected chi connectivity index (χ3v) is 3.14. The van der Waals surface area contributed by atoms with Gasteiger partial charge < -0.3 is 4.74 Å². The van der Waals surface area contributed by atoms with Crippen molar-refractivity contribution in [1.29, 1.82) is 0 Å². The molecule has 0 N–H and O–H groups in total. The number of hydrogen-bond donors (Lipinski definition) is 0. The first-order valence-electron chi connectivity index (χ1n) is 6.97. The highest BCUT2D eigenvalue weighted by atomic mass is 19.1. The first-order valence-corrected chi connectivity index (χ1v) is 6.97. The van der Waals surface area contributed by atoms with Gasteiger partial charge in [-0.2, -0.15) is 15.0 Å². The highest BCUT2D eigenvalue weighted by Gasteiger charge is 2.15. The number of pyridine rings is 1. The zero-order valence-corrected chi connectivity index (χ0v) is 12.1. The lowest BCUT2D eigenvalue weighted by molar-refractivity contribution is 0.0693. The molecular formula is C16H15FN4O. The molecule has 0 amide bonds. The Hall–Kier alpha value is -2.60.